The van der Waals surface area contributed by atoms with Crippen LogP contribution in [0.1, 0.15) is 34.6 Å². The number of benzene rings is 1. The van der Waals surface area contributed by atoms with Gasteiger partial charge in [0, 0.05) is 12.7 Å². The highest BCUT2D eigenvalue weighted by Gasteiger charge is 1.77. The maximum absolute atomic E-state index is 8.81. The molecule has 0 amide bonds. The molecule has 0 saturated heterocycles. The maximum atomic E-state index is 8.81. The lowest BCUT2D eigenvalue weighted by molar-refractivity contribution is -0.106. The van der Waals surface area contributed by atoms with Crippen molar-refractivity contribution in [2.75, 3.05) is 12.4 Å². The summed E-state index contributed by atoms with van der Waals surface area (Å²) in [5, 5.41) is 3.03. The zero-order chi connectivity index (χ0) is 12.5. The third-order valence-corrected chi connectivity index (χ3v) is 1.06. The highest BCUT2D eigenvalue weighted by Crippen LogP contribution is 2.01. The van der Waals surface area contributed by atoms with E-state index in [2.05, 4.69) is 5.32 Å². The van der Waals surface area contributed by atoms with Crippen molar-refractivity contribution >= 4 is 12.0 Å². The molecule has 1 aromatic carbocycles. The highest BCUT2D eigenvalue weighted by atomic mass is 16.1. The van der Waals surface area contributed by atoms with Gasteiger partial charge >= 0.3 is 0 Å². The normalized spacial score (nSPS) is 6.27. The fourth-order valence-corrected chi connectivity index (χ4v) is 0.605. The van der Waals surface area contributed by atoms with Gasteiger partial charge in [0.2, 0.25) is 0 Å². The van der Waals surface area contributed by atoms with Crippen molar-refractivity contribution < 1.29 is 4.79 Å². The molecule has 15 heavy (non-hydrogen) atoms. The van der Waals surface area contributed by atoms with E-state index in [0.29, 0.717) is 0 Å². The van der Waals surface area contributed by atoms with Crippen LogP contribution in [-0.4, -0.2) is 13.3 Å². The molecule has 0 aliphatic rings. The van der Waals surface area contributed by atoms with Crippen molar-refractivity contribution in [2.45, 2.75) is 34.6 Å². The van der Waals surface area contributed by atoms with Crippen molar-refractivity contribution in [1.29, 1.82) is 0 Å². The van der Waals surface area contributed by atoms with E-state index in [1.165, 1.54) is 6.92 Å². The van der Waals surface area contributed by atoms with Crippen LogP contribution in [0, 0.1) is 0 Å². The predicted octanol–water partition coefficient (Wildman–Crippen LogP) is 3.99. The van der Waals surface area contributed by atoms with Crippen LogP contribution in [0.2, 0.25) is 0 Å². The number of rotatable bonds is 1. The van der Waals surface area contributed by atoms with Crippen molar-refractivity contribution in [1.82, 2.24) is 0 Å². The molecule has 2 nitrogen and oxygen atoms in total. The molecule has 0 unspecified atom stereocenters. The number of aldehydes is 1. The van der Waals surface area contributed by atoms with Crippen LogP contribution in [0.4, 0.5) is 5.69 Å². The first-order chi connectivity index (χ1) is 7.35. The first kappa shape index (κ1) is 19.3. The third kappa shape index (κ3) is 19.2. The summed E-state index contributed by atoms with van der Waals surface area (Å²) in [5.41, 5.74) is 1.16. The van der Waals surface area contributed by atoms with Crippen molar-refractivity contribution in [3.8, 4) is 0 Å². The Bertz CT molecular complexity index is 185. The lowest BCUT2D eigenvalue weighted by Gasteiger charge is -1.94. The minimum atomic E-state index is 0.750. The molecule has 88 valence electrons. The molecule has 1 N–H and O–H groups in total. The summed E-state index contributed by atoms with van der Waals surface area (Å²) in [7, 11) is 1.91. The van der Waals surface area contributed by atoms with Gasteiger partial charge in [-0.3, -0.25) is 0 Å². The van der Waals surface area contributed by atoms with Gasteiger partial charge in [-0.25, -0.2) is 0 Å². The Morgan fingerprint density at radius 1 is 1.00 bits per heavy atom. The molecule has 0 bridgehead atoms. The van der Waals surface area contributed by atoms with E-state index in [1.54, 1.807) is 0 Å². The second-order valence-corrected chi connectivity index (χ2v) is 1.85. The smallest absolute Gasteiger partial charge is 0.116 e. The summed E-state index contributed by atoms with van der Waals surface area (Å²) in [6, 6.07) is 10.1. The molecule has 1 aromatic rings. The average Bonchev–Trinajstić information content (AvgIpc) is 2.36. The number of anilines is 1. The third-order valence-electron chi connectivity index (χ3n) is 1.06. The first-order valence-corrected chi connectivity index (χ1v) is 5.47. The van der Waals surface area contributed by atoms with E-state index >= 15 is 0 Å². The minimum Gasteiger partial charge on any atom is -0.388 e. The van der Waals surface area contributed by atoms with E-state index < -0.39 is 0 Å². The number of hydrogen-bond acceptors (Lipinski definition) is 2. The molecular weight excluding hydrogens is 186 g/mol. The quantitative estimate of drug-likeness (QED) is 0.712. The molecule has 0 aliphatic carbocycles. The van der Waals surface area contributed by atoms with Crippen molar-refractivity contribution in [3.63, 3.8) is 0 Å². The van der Waals surface area contributed by atoms with E-state index in [1.807, 2.05) is 65.1 Å². The second kappa shape index (κ2) is 23.0. The fourth-order valence-electron chi connectivity index (χ4n) is 0.605. The lowest BCUT2D eigenvalue weighted by atomic mass is 10.3. The number of carbonyl (C=O) groups is 1. The Labute approximate surface area is 94.7 Å². The molecule has 0 spiro atoms. The van der Waals surface area contributed by atoms with Gasteiger partial charge in [0.05, 0.1) is 0 Å². The Balaban J connectivity index is -0.000000176. The summed E-state index contributed by atoms with van der Waals surface area (Å²) in [6.07, 6.45) is 0.750. The summed E-state index contributed by atoms with van der Waals surface area (Å²) < 4.78 is 0. The monoisotopic (exact) mass is 211 g/mol. The van der Waals surface area contributed by atoms with Gasteiger partial charge in [0.1, 0.15) is 6.29 Å². The van der Waals surface area contributed by atoms with E-state index in [4.69, 9.17) is 4.79 Å². The van der Waals surface area contributed by atoms with Gasteiger partial charge in [-0.1, -0.05) is 45.9 Å². The zero-order valence-corrected chi connectivity index (χ0v) is 10.9. The molecule has 0 aromatic heterocycles. The highest BCUT2D eigenvalue weighted by molar-refractivity contribution is 5.44. The lowest BCUT2D eigenvalue weighted by Crippen LogP contribution is -1.84. The van der Waals surface area contributed by atoms with Crippen LogP contribution in [-0.2, 0) is 4.79 Å². The number of para-hydroxylation sites is 1. The molecule has 1 rings (SSSR count). The topological polar surface area (TPSA) is 29.1 Å². The Hall–Kier alpha value is -1.31. The van der Waals surface area contributed by atoms with Gasteiger partial charge < -0.3 is 10.1 Å². The predicted molar refractivity (Wildman–Crippen MR) is 70.4 cm³/mol. The Morgan fingerprint density at radius 2 is 1.33 bits per heavy atom. The second-order valence-electron chi connectivity index (χ2n) is 1.85. The summed E-state index contributed by atoms with van der Waals surface area (Å²) >= 11 is 0. The molecular formula is C13H25NO. The van der Waals surface area contributed by atoms with Crippen molar-refractivity contribution in [2.24, 2.45) is 0 Å². The molecule has 0 fully saturated rings. The number of hydrogen-bond donors (Lipinski definition) is 1. The van der Waals surface area contributed by atoms with Gasteiger partial charge in [-0.15, -0.1) is 0 Å². The fraction of sp³-hybridized carbons (Fsp3) is 0.462. The maximum Gasteiger partial charge on any atom is 0.116 e. The summed E-state index contributed by atoms with van der Waals surface area (Å²) in [5.74, 6) is 0. The van der Waals surface area contributed by atoms with Gasteiger partial charge in [0.15, 0.2) is 0 Å². The zero-order valence-electron chi connectivity index (χ0n) is 10.9. The molecule has 0 atom stereocenters. The van der Waals surface area contributed by atoms with Gasteiger partial charge in [-0.2, -0.15) is 0 Å². The van der Waals surface area contributed by atoms with Crippen molar-refractivity contribution in [3.05, 3.63) is 30.3 Å². The number of nitrogens with one attached hydrogen (secondary N) is 1. The van der Waals surface area contributed by atoms with Crippen LogP contribution >= 0.6 is 0 Å². The standard InChI is InChI=1S/C7H9N.C2H4O.2C2H6/c1-8-7-5-3-2-4-6-7;1-2-3;2*1-2/h2-6,8H,1H3;2H,1H3;2*1-2H3. The molecule has 0 heterocycles. The largest absolute Gasteiger partial charge is 0.388 e. The minimum absolute atomic E-state index is 0.750. The molecule has 0 saturated carbocycles. The Morgan fingerprint density at radius 3 is 1.53 bits per heavy atom. The summed E-state index contributed by atoms with van der Waals surface area (Å²) in [4.78, 5) is 8.81. The van der Waals surface area contributed by atoms with Gasteiger partial charge in [0.25, 0.3) is 0 Å². The Kier molecular flexibility index (Phi) is 29.5. The van der Waals surface area contributed by atoms with E-state index in [9.17, 15) is 0 Å². The first-order valence-electron chi connectivity index (χ1n) is 5.47. The molecule has 2 heteroatoms. The number of carbonyl (C=O) groups excluding carboxylic acids is 1. The molecule has 0 aliphatic heterocycles. The van der Waals surface area contributed by atoms with E-state index in [0.717, 1.165) is 12.0 Å². The van der Waals surface area contributed by atoms with Crippen LogP contribution in [0.25, 0.3) is 0 Å². The average molecular weight is 211 g/mol. The molecule has 0 radical (unpaired) electrons. The van der Waals surface area contributed by atoms with Crippen LogP contribution in [0.15, 0.2) is 30.3 Å². The van der Waals surface area contributed by atoms with E-state index in [-0.39, 0.29) is 0 Å². The SMILES string of the molecule is CC.CC.CC=O.CNc1ccccc1. The van der Waals surface area contributed by atoms with Crippen LogP contribution < -0.4 is 5.32 Å². The summed E-state index contributed by atoms with van der Waals surface area (Å²) in [6.45, 7) is 9.44. The van der Waals surface area contributed by atoms with Crippen LogP contribution in [0.3, 0.4) is 0 Å². The van der Waals surface area contributed by atoms with Gasteiger partial charge in [-0.05, 0) is 19.1 Å². The van der Waals surface area contributed by atoms with Crippen LogP contribution in [0.5, 0.6) is 0 Å².